The van der Waals surface area contributed by atoms with Crippen LogP contribution in [-0.2, 0) is 4.74 Å². The first kappa shape index (κ1) is 18.4. The standard InChI is InChI=1S/C17H24BrClN2O2/c1-17(2,3)23-16(22)21-9-7-12(8-10-21)20(4)13-5-6-14(18)15(19)11-13/h5-6,11-12H,7-10H2,1-4H3. The van der Waals surface area contributed by atoms with Crippen molar-refractivity contribution in [1.29, 1.82) is 0 Å². The molecule has 2 rings (SSSR count). The number of benzene rings is 1. The number of halogens is 2. The Morgan fingerprint density at radius 3 is 2.48 bits per heavy atom. The summed E-state index contributed by atoms with van der Waals surface area (Å²) < 4.78 is 6.34. The van der Waals surface area contributed by atoms with Crippen molar-refractivity contribution in [1.82, 2.24) is 4.90 Å². The lowest BCUT2D eigenvalue weighted by molar-refractivity contribution is 0.0205. The maximum Gasteiger partial charge on any atom is 0.410 e. The van der Waals surface area contributed by atoms with Gasteiger partial charge in [0, 0.05) is 36.3 Å². The largest absolute Gasteiger partial charge is 0.444 e. The van der Waals surface area contributed by atoms with Gasteiger partial charge in [-0.3, -0.25) is 0 Å². The Kier molecular flexibility index (Phi) is 5.84. The van der Waals surface area contributed by atoms with Crippen LogP contribution in [0.25, 0.3) is 0 Å². The molecule has 1 fully saturated rings. The van der Waals surface area contributed by atoms with Crippen LogP contribution in [0, 0.1) is 0 Å². The number of hydrogen-bond donors (Lipinski definition) is 0. The summed E-state index contributed by atoms with van der Waals surface area (Å²) >= 11 is 9.59. The second-order valence-corrected chi connectivity index (χ2v) is 8.17. The van der Waals surface area contributed by atoms with Crippen LogP contribution in [0.1, 0.15) is 33.6 Å². The van der Waals surface area contributed by atoms with E-state index < -0.39 is 5.60 Å². The van der Waals surface area contributed by atoms with Gasteiger partial charge in [0.1, 0.15) is 5.60 Å². The summed E-state index contributed by atoms with van der Waals surface area (Å²) in [4.78, 5) is 16.1. The summed E-state index contributed by atoms with van der Waals surface area (Å²) in [5.41, 5.74) is 0.646. The van der Waals surface area contributed by atoms with Crippen LogP contribution < -0.4 is 4.90 Å². The van der Waals surface area contributed by atoms with Gasteiger partial charge < -0.3 is 14.5 Å². The van der Waals surface area contributed by atoms with Crippen molar-refractivity contribution in [3.05, 3.63) is 27.7 Å². The van der Waals surface area contributed by atoms with E-state index in [9.17, 15) is 4.79 Å². The number of rotatable bonds is 2. The molecule has 128 valence electrons. The molecule has 4 nitrogen and oxygen atoms in total. The molecule has 1 amide bonds. The van der Waals surface area contributed by atoms with Gasteiger partial charge in [-0.05, 0) is 67.7 Å². The zero-order valence-corrected chi connectivity index (χ0v) is 16.4. The Bertz CT molecular complexity index is 566. The molecule has 1 aromatic rings. The highest BCUT2D eigenvalue weighted by Crippen LogP contribution is 2.29. The zero-order valence-electron chi connectivity index (χ0n) is 14.1. The highest BCUT2D eigenvalue weighted by molar-refractivity contribution is 9.10. The number of nitrogens with zero attached hydrogens (tertiary/aromatic N) is 2. The highest BCUT2D eigenvalue weighted by atomic mass is 79.9. The van der Waals surface area contributed by atoms with E-state index in [2.05, 4.69) is 33.9 Å². The van der Waals surface area contributed by atoms with Crippen molar-refractivity contribution >= 4 is 39.3 Å². The third-order valence-corrected chi connectivity index (χ3v) is 5.21. The van der Waals surface area contributed by atoms with Crippen LogP contribution in [0.4, 0.5) is 10.5 Å². The molecule has 0 unspecified atom stereocenters. The molecule has 1 saturated heterocycles. The third-order valence-electron chi connectivity index (χ3n) is 3.97. The van der Waals surface area contributed by atoms with Gasteiger partial charge >= 0.3 is 6.09 Å². The van der Waals surface area contributed by atoms with Crippen molar-refractivity contribution in [2.24, 2.45) is 0 Å². The van der Waals surface area contributed by atoms with Gasteiger partial charge in [0.05, 0.1) is 5.02 Å². The van der Waals surface area contributed by atoms with Gasteiger partial charge in [-0.2, -0.15) is 0 Å². The molecule has 23 heavy (non-hydrogen) atoms. The lowest BCUT2D eigenvalue weighted by atomic mass is 10.0. The summed E-state index contributed by atoms with van der Waals surface area (Å²) in [6, 6.07) is 6.37. The van der Waals surface area contributed by atoms with E-state index in [4.69, 9.17) is 16.3 Å². The number of carbonyl (C=O) groups is 1. The molecule has 0 bridgehead atoms. The Morgan fingerprint density at radius 1 is 1.35 bits per heavy atom. The first-order valence-corrected chi connectivity index (χ1v) is 9.00. The fourth-order valence-electron chi connectivity index (χ4n) is 2.68. The van der Waals surface area contributed by atoms with Crippen molar-refractivity contribution in [3.63, 3.8) is 0 Å². The van der Waals surface area contributed by atoms with E-state index in [0.29, 0.717) is 24.2 Å². The van der Waals surface area contributed by atoms with Gasteiger partial charge in [-0.15, -0.1) is 0 Å². The first-order chi connectivity index (χ1) is 10.7. The summed E-state index contributed by atoms with van der Waals surface area (Å²) in [6.45, 7) is 7.11. The molecular formula is C17H24BrClN2O2. The van der Waals surface area contributed by atoms with Crippen LogP contribution >= 0.6 is 27.5 Å². The molecule has 0 aromatic heterocycles. The van der Waals surface area contributed by atoms with Gasteiger partial charge in [-0.25, -0.2) is 4.79 Å². The average Bonchev–Trinajstić information content (AvgIpc) is 2.48. The Hall–Kier alpha value is -0.940. The normalized spacial score (nSPS) is 16.3. The SMILES string of the molecule is CN(c1ccc(Br)c(Cl)c1)C1CCN(C(=O)OC(C)(C)C)CC1. The number of amides is 1. The van der Waals surface area contributed by atoms with Gasteiger partial charge in [-0.1, -0.05) is 11.6 Å². The van der Waals surface area contributed by atoms with Crippen molar-refractivity contribution in [3.8, 4) is 0 Å². The van der Waals surface area contributed by atoms with E-state index in [0.717, 1.165) is 23.0 Å². The molecule has 0 spiro atoms. The van der Waals surface area contributed by atoms with E-state index in [1.54, 1.807) is 4.90 Å². The van der Waals surface area contributed by atoms with E-state index in [1.807, 2.05) is 32.9 Å². The minimum absolute atomic E-state index is 0.217. The van der Waals surface area contributed by atoms with Gasteiger partial charge in [0.15, 0.2) is 0 Å². The molecule has 0 aliphatic carbocycles. The summed E-state index contributed by atoms with van der Waals surface area (Å²) in [6.07, 6.45) is 1.62. The van der Waals surface area contributed by atoms with Crippen molar-refractivity contribution in [2.45, 2.75) is 45.3 Å². The predicted octanol–water partition coefficient (Wildman–Crippen LogP) is 4.94. The van der Waals surface area contributed by atoms with Gasteiger partial charge in [0.25, 0.3) is 0 Å². The minimum Gasteiger partial charge on any atom is -0.444 e. The lowest BCUT2D eigenvalue weighted by Crippen LogP contribution is -2.47. The fraction of sp³-hybridized carbons (Fsp3) is 0.588. The molecule has 0 N–H and O–H groups in total. The number of likely N-dealkylation sites (tertiary alicyclic amines) is 1. The van der Waals surface area contributed by atoms with E-state index in [-0.39, 0.29) is 6.09 Å². The average molecular weight is 404 g/mol. The van der Waals surface area contributed by atoms with Crippen molar-refractivity contribution in [2.75, 3.05) is 25.0 Å². The molecule has 1 heterocycles. The van der Waals surface area contributed by atoms with Gasteiger partial charge in [0.2, 0.25) is 0 Å². The zero-order chi connectivity index (χ0) is 17.2. The Morgan fingerprint density at radius 2 is 1.96 bits per heavy atom. The molecule has 1 aromatic carbocycles. The molecular weight excluding hydrogens is 380 g/mol. The fourth-order valence-corrected chi connectivity index (χ4v) is 3.10. The Balaban J connectivity index is 1.93. The smallest absolute Gasteiger partial charge is 0.410 e. The first-order valence-electron chi connectivity index (χ1n) is 7.83. The number of carbonyl (C=O) groups excluding carboxylic acids is 1. The number of anilines is 1. The highest BCUT2D eigenvalue weighted by Gasteiger charge is 2.28. The molecule has 6 heteroatoms. The van der Waals surface area contributed by atoms with Crippen LogP contribution in [0.3, 0.4) is 0 Å². The molecule has 1 aliphatic heterocycles. The van der Waals surface area contributed by atoms with Crippen LogP contribution in [0.2, 0.25) is 5.02 Å². The molecule has 0 saturated carbocycles. The van der Waals surface area contributed by atoms with Crippen LogP contribution in [0.5, 0.6) is 0 Å². The summed E-state index contributed by atoms with van der Waals surface area (Å²) in [7, 11) is 2.08. The molecule has 0 atom stereocenters. The summed E-state index contributed by atoms with van der Waals surface area (Å²) in [5, 5.41) is 0.709. The monoisotopic (exact) mass is 402 g/mol. The molecule has 0 radical (unpaired) electrons. The number of hydrogen-bond acceptors (Lipinski definition) is 3. The minimum atomic E-state index is -0.446. The van der Waals surface area contributed by atoms with E-state index in [1.165, 1.54) is 0 Å². The topological polar surface area (TPSA) is 32.8 Å². The Labute approximate surface area is 151 Å². The van der Waals surface area contributed by atoms with Crippen LogP contribution in [0.15, 0.2) is 22.7 Å². The van der Waals surface area contributed by atoms with Crippen LogP contribution in [-0.4, -0.2) is 42.8 Å². The van der Waals surface area contributed by atoms with E-state index >= 15 is 0 Å². The number of piperidine rings is 1. The quantitative estimate of drug-likeness (QED) is 0.701. The third kappa shape index (κ3) is 5.01. The number of ether oxygens (including phenoxy) is 1. The molecule has 1 aliphatic rings. The maximum absolute atomic E-state index is 12.1. The lowest BCUT2D eigenvalue weighted by Gasteiger charge is -2.38. The van der Waals surface area contributed by atoms with Crippen molar-refractivity contribution < 1.29 is 9.53 Å². The second-order valence-electron chi connectivity index (χ2n) is 6.91. The summed E-state index contributed by atoms with van der Waals surface area (Å²) in [5.74, 6) is 0. The maximum atomic E-state index is 12.1. The second kappa shape index (κ2) is 7.31. The predicted molar refractivity (Wildman–Crippen MR) is 98.4 cm³/mol.